The number of aliphatic hydroxyl groups is 1. The van der Waals surface area contributed by atoms with Gasteiger partial charge in [0.15, 0.2) is 0 Å². The molecule has 5 atom stereocenters. The van der Waals surface area contributed by atoms with Crippen molar-refractivity contribution in [3.05, 3.63) is 36.4 Å². The van der Waals surface area contributed by atoms with Crippen LogP contribution in [0.15, 0.2) is 36.4 Å². The number of benzene rings is 1. The average molecular weight is 483 g/mol. The third kappa shape index (κ3) is 4.93. The monoisotopic (exact) mass is 482 g/mol. The molecule has 2 aromatic rings. The van der Waals surface area contributed by atoms with Crippen molar-refractivity contribution in [2.24, 2.45) is 23.7 Å². The maximum Gasteiger partial charge on any atom is 0.244 e. The molecule has 2 aliphatic rings. The highest BCUT2D eigenvalue weighted by Gasteiger charge is 2.56. The first-order chi connectivity index (χ1) is 17.0. The van der Waals surface area contributed by atoms with E-state index < -0.39 is 17.9 Å². The fourth-order valence-corrected chi connectivity index (χ4v) is 5.44. The lowest BCUT2D eigenvalue weighted by Crippen LogP contribution is -2.48. The van der Waals surface area contributed by atoms with Crippen molar-refractivity contribution < 1.29 is 19.5 Å². The summed E-state index contributed by atoms with van der Waals surface area (Å²) < 4.78 is 1.62. The smallest absolute Gasteiger partial charge is 0.244 e. The lowest BCUT2D eigenvalue weighted by atomic mass is 9.70. The molecule has 1 aliphatic carbocycles. The number of rotatable bonds is 10. The number of carbonyl (C=O) groups excluding carboxylic acids is 3. The fraction of sp³-hybridized carbons (Fsp3) is 0.560. The lowest BCUT2D eigenvalue weighted by molar-refractivity contribution is -0.140. The Bertz CT molecular complexity index is 1100. The van der Waals surface area contributed by atoms with Crippen LogP contribution in [-0.2, 0) is 21.1 Å². The van der Waals surface area contributed by atoms with E-state index in [1.807, 2.05) is 43.3 Å². The van der Waals surface area contributed by atoms with Gasteiger partial charge in [-0.05, 0) is 30.9 Å². The number of carbonyl (C=O) groups is 3. The number of aromatic nitrogens is 3. The van der Waals surface area contributed by atoms with Crippen LogP contribution >= 0.6 is 0 Å². The number of aliphatic hydroxyl groups excluding tert-OH is 1. The molecular formula is C25H34N6O4. The zero-order valence-corrected chi connectivity index (χ0v) is 20.3. The van der Waals surface area contributed by atoms with Gasteiger partial charge in [-0.1, -0.05) is 49.3 Å². The molecule has 0 unspecified atom stereocenters. The first kappa shape index (κ1) is 24.8. The largest absolute Gasteiger partial charge is 0.396 e. The highest BCUT2D eigenvalue weighted by Crippen LogP contribution is 2.44. The van der Waals surface area contributed by atoms with Crippen LogP contribution in [0.2, 0.25) is 0 Å². The molecule has 2 heterocycles. The first-order valence-corrected chi connectivity index (χ1v) is 12.3. The van der Waals surface area contributed by atoms with Crippen LogP contribution in [0.5, 0.6) is 0 Å². The summed E-state index contributed by atoms with van der Waals surface area (Å²) in [5, 5.41) is 22.9. The number of amides is 3. The van der Waals surface area contributed by atoms with E-state index in [0.717, 1.165) is 30.3 Å². The van der Waals surface area contributed by atoms with E-state index in [2.05, 4.69) is 20.9 Å². The molecule has 4 rings (SSSR count). The maximum atomic E-state index is 13.6. The number of unbranched alkanes of at least 4 members (excludes halogenated alkanes) is 3. The number of fused-ring (bicyclic) bond motifs is 2. The molecule has 3 amide bonds. The Morgan fingerprint density at radius 2 is 1.86 bits per heavy atom. The predicted molar refractivity (Wildman–Crippen MR) is 130 cm³/mol. The Hall–Kier alpha value is -3.27. The van der Waals surface area contributed by atoms with E-state index in [4.69, 9.17) is 5.11 Å². The van der Waals surface area contributed by atoms with Gasteiger partial charge in [0.1, 0.15) is 18.2 Å². The van der Waals surface area contributed by atoms with Crippen molar-refractivity contribution in [2.75, 3.05) is 20.2 Å². The number of hydrogen-bond acceptors (Lipinski definition) is 6. The van der Waals surface area contributed by atoms with Crippen LogP contribution < -0.4 is 10.6 Å². The maximum absolute atomic E-state index is 13.6. The molecule has 1 aromatic carbocycles. The number of para-hydroxylation sites is 1. The van der Waals surface area contributed by atoms with Gasteiger partial charge in [0.05, 0.1) is 17.4 Å². The second kappa shape index (κ2) is 11.0. The number of hydrogen-bond donors (Lipinski definition) is 3. The van der Waals surface area contributed by atoms with Gasteiger partial charge in [-0.25, -0.2) is 4.68 Å². The molecule has 1 saturated heterocycles. The Morgan fingerprint density at radius 1 is 1.09 bits per heavy atom. The van der Waals surface area contributed by atoms with Gasteiger partial charge < -0.3 is 20.6 Å². The summed E-state index contributed by atoms with van der Waals surface area (Å²) in [4.78, 5) is 41.5. The molecule has 10 nitrogen and oxygen atoms in total. The summed E-state index contributed by atoms with van der Waals surface area (Å²) in [6.45, 7) is 2.64. The van der Waals surface area contributed by atoms with Crippen molar-refractivity contribution in [2.45, 2.75) is 45.3 Å². The van der Waals surface area contributed by atoms with Crippen LogP contribution in [0.3, 0.4) is 0 Å². The topological polar surface area (TPSA) is 129 Å². The van der Waals surface area contributed by atoms with Crippen LogP contribution in [-0.4, -0.2) is 69.0 Å². The standard InChI is InChI=1S/C25H34N6O4/c1-16-11-12-17-21(20(16)23(33)26-2)25(35)30(13-7-3-4-8-14-32)22(17)24(34)27-15-31-19-10-6-5-9-18(19)28-29-31/h5-6,9-12,16-17,20-22,32H,3-4,7-8,13-15H2,1-2H3,(H,26,33)(H,27,34)/t16-,17+,20-,21-,22+/m1/s1. The molecule has 188 valence electrons. The van der Waals surface area contributed by atoms with Crippen molar-refractivity contribution in [1.82, 2.24) is 30.5 Å². The quantitative estimate of drug-likeness (QED) is 0.343. The molecule has 1 aliphatic heterocycles. The summed E-state index contributed by atoms with van der Waals surface area (Å²) in [6.07, 6.45) is 7.04. The summed E-state index contributed by atoms with van der Waals surface area (Å²) in [6, 6.07) is 6.80. The van der Waals surface area contributed by atoms with Crippen LogP contribution in [0.1, 0.15) is 32.6 Å². The van der Waals surface area contributed by atoms with Gasteiger partial charge in [0.2, 0.25) is 17.7 Å². The summed E-state index contributed by atoms with van der Waals surface area (Å²) in [7, 11) is 1.58. The molecule has 0 saturated carbocycles. The van der Waals surface area contributed by atoms with Crippen molar-refractivity contribution in [3.8, 4) is 0 Å². The number of allylic oxidation sites excluding steroid dienone is 1. The van der Waals surface area contributed by atoms with E-state index in [1.165, 1.54) is 0 Å². The number of nitrogens with one attached hydrogen (secondary N) is 2. The van der Waals surface area contributed by atoms with Crippen molar-refractivity contribution in [3.63, 3.8) is 0 Å². The minimum absolute atomic E-state index is 0.102. The number of nitrogens with zero attached hydrogens (tertiary/aromatic N) is 4. The average Bonchev–Trinajstić information content (AvgIpc) is 3.40. The Morgan fingerprint density at radius 3 is 2.63 bits per heavy atom. The molecule has 0 spiro atoms. The highest BCUT2D eigenvalue weighted by molar-refractivity contribution is 5.96. The Kier molecular flexibility index (Phi) is 7.80. The van der Waals surface area contributed by atoms with Crippen molar-refractivity contribution >= 4 is 28.8 Å². The molecule has 0 bridgehead atoms. The normalized spacial score (nSPS) is 25.6. The number of likely N-dealkylation sites (tertiary alicyclic amines) is 1. The van der Waals surface area contributed by atoms with Crippen molar-refractivity contribution in [1.29, 1.82) is 0 Å². The summed E-state index contributed by atoms with van der Waals surface area (Å²) >= 11 is 0. The van der Waals surface area contributed by atoms with Gasteiger partial charge in [0.25, 0.3) is 0 Å². The van der Waals surface area contributed by atoms with E-state index in [1.54, 1.807) is 16.6 Å². The minimum atomic E-state index is -0.698. The van der Waals surface area contributed by atoms with E-state index in [-0.39, 0.29) is 42.8 Å². The van der Waals surface area contributed by atoms with Gasteiger partial charge in [-0.2, -0.15) is 0 Å². The van der Waals surface area contributed by atoms with Crippen LogP contribution in [0.25, 0.3) is 11.0 Å². The first-order valence-electron chi connectivity index (χ1n) is 12.3. The zero-order valence-electron chi connectivity index (χ0n) is 20.3. The van der Waals surface area contributed by atoms with Gasteiger partial charge in [-0.3, -0.25) is 14.4 Å². The third-order valence-electron chi connectivity index (χ3n) is 7.22. The van der Waals surface area contributed by atoms with Crippen LogP contribution in [0.4, 0.5) is 0 Å². The fourth-order valence-electron chi connectivity index (χ4n) is 5.44. The Labute approximate surface area is 204 Å². The Balaban J connectivity index is 1.55. The molecule has 0 radical (unpaired) electrons. The zero-order chi connectivity index (χ0) is 24.9. The molecule has 35 heavy (non-hydrogen) atoms. The predicted octanol–water partition coefficient (Wildman–Crippen LogP) is 1.07. The molecule has 1 aromatic heterocycles. The molecule has 1 fully saturated rings. The van der Waals surface area contributed by atoms with Gasteiger partial charge in [0, 0.05) is 26.1 Å². The van der Waals surface area contributed by atoms with E-state index in [0.29, 0.717) is 13.0 Å². The second-order valence-corrected chi connectivity index (χ2v) is 9.38. The highest BCUT2D eigenvalue weighted by atomic mass is 16.3. The SMILES string of the molecule is CNC(=O)[C@H]1[C@@H]2C(=O)N(CCCCCCO)[C@H](C(=O)NCn3nnc4ccccc43)[C@H]2C=C[C@H]1C. The van der Waals surface area contributed by atoms with Gasteiger partial charge >= 0.3 is 0 Å². The lowest BCUT2D eigenvalue weighted by Gasteiger charge is -2.32. The molecule has 3 N–H and O–H groups in total. The molecule has 10 heteroatoms. The van der Waals surface area contributed by atoms with Crippen LogP contribution in [0, 0.1) is 23.7 Å². The second-order valence-electron chi connectivity index (χ2n) is 9.38. The summed E-state index contributed by atoms with van der Waals surface area (Å²) in [5.41, 5.74) is 1.54. The van der Waals surface area contributed by atoms with E-state index in [9.17, 15) is 14.4 Å². The summed E-state index contributed by atoms with van der Waals surface area (Å²) in [5.74, 6) is -2.17. The minimum Gasteiger partial charge on any atom is -0.396 e. The third-order valence-corrected chi connectivity index (χ3v) is 7.22. The molecular weight excluding hydrogens is 448 g/mol. The van der Waals surface area contributed by atoms with E-state index >= 15 is 0 Å². The van der Waals surface area contributed by atoms with Gasteiger partial charge in [-0.15, -0.1) is 5.10 Å².